The zero-order chi connectivity index (χ0) is 20.9. The molecule has 4 rings (SSSR count). The number of hydrogen-bond acceptors (Lipinski definition) is 3. The van der Waals surface area contributed by atoms with E-state index < -0.39 is 6.04 Å². The molecular weight excluding hydrogens is 381 g/mol. The van der Waals surface area contributed by atoms with Crippen LogP contribution in [-0.2, 0) is 11.3 Å². The van der Waals surface area contributed by atoms with E-state index in [4.69, 9.17) is 4.74 Å². The number of aryl methyl sites for hydroxylation is 1. The third-order valence-corrected chi connectivity index (χ3v) is 4.99. The average molecular weight is 403 g/mol. The van der Waals surface area contributed by atoms with Crippen LogP contribution >= 0.6 is 0 Å². The van der Waals surface area contributed by atoms with Crippen molar-refractivity contribution in [1.29, 1.82) is 0 Å². The van der Waals surface area contributed by atoms with Gasteiger partial charge in [-0.2, -0.15) is 0 Å². The number of nitrogens with zero attached hydrogens (tertiary/aromatic N) is 2. The number of para-hydroxylation sites is 1. The largest absolute Gasteiger partial charge is 0.484 e. The van der Waals surface area contributed by atoms with Gasteiger partial charge >= 0.3 is 0 Å². The van der Waals surface area contributed by atoms with E-state index >= 15 is 0 Å². The summed E-state index contributed by atoms with van der Waals surface area (Å²) >= 11 is 0. The predicted molar refractivity (Wildman–Crippen MR) is 114 cm³/mol. The molecule has 0 aliphatic rings. The second kappa shape index (κ2) is 8.78. The molecular formula is C24H22FN3O2. The van der Waals surface area contributed by atoms with Crippen LogP contribution in [0.2, 0.25) is 0 Å². The van der Waals surface area contributed by atoms with Crippen LogP contribution in [0.4, 0.5) is 4.39 Å². The highest BCUT2D eigenvalue weighted by atomic mass is 19.1. The Bertz CT molecular complexity index is 1140. The van der Waals surface area contributed by atoms with Crippen molar-refractivity contribution in [2.45, 2.75) is 19.5 Å². The first kappa shape index (κ1) is 19.6. The van der Waals surface area contributed by atoms with Crippen LogP contribution in [0.25, 0.3) is 10.9 Å². The summed E-state index contributed by atoms with van der Waals surface area (Å²) < 4.78 is 21.2. The van der Waals surface area contributed by atoms with Gasteiger partial charge in [0.1, 0.15) is 11.6 Å². The molecule has 5 nitrogen and oxygen atoms in total. The molecule has 0 saturated carbocycles. The van der Waals surface area contributed by atoms with Crippen molar-refractivity contribution in [3.8, 4) is 5.75 Å². The third kappa shape index (κ3) is 4.17. The highest BCUT2D eigenvalue weighted by molar-refractivity contribution is 5.86. The normalized spacial score (nSPS) is 11.9. The van der Waals surface area contributed by atoms with E-state index in [2.05, 4.69) is 21.8 Å². The summed E-state index contributed by atoms with van der Waals surface area (Å²) in [4.78, 5) is 16.9. The summed E-state index contributed by atoms with van der Waals surface area (Å²) in [7, 11) is 0. The molecule has 0 radical (unpaired) electrons. The Morgan fingerprint density at radius 3 is 2.63 bits per heavy atom. The first-order chi connectivity index (χ1) is 14.7. The molecule has 0 bridgehead atoms. The molecule has 30 heavy (non-hydrogen) atoms. The van der Waals surface area contributed by atoms with E-state index in [9.17, 15) is 9.18 Å². The van der Waals surface area contributed by atoms with Gasteiger partial charge in [0, 0.05) is 29.9 Å². The monoisotopic (exact) mass is 403 g/mol. The SMILES string of the molecule is CCn1cc([C@H](NC(=O)COc2ccccc2)c2ccc(F)cc2)c2ccncc21. The fourth-order valence-corrected chi connectivity index (χ4v) is 3.52. The first-order valence-corrected chi connectivity index (χ1v) is 9.81. The molecule has 1 N–H and O–H groups in total. The number of carbonyl (C=O) groups excluding carboxylic acids is 1. The number of fused-ring (bicyclic) bond motifs is 1. The topological polar surface area (TPSA) is 56.2 Å². The molecule has 0 aliphatic carbocycles. The summed E-state index contributed by atoms with van der Waals surface area (Å²) in [6.07, 6.45) is 5.55. The summed E-state index contributed by atoms with van der Waals surface area (Å²) in [6.45, 7) is 2.70. The molecule has 6 heteroatoms. The minimum absolute atomic E-state index is 0.115. The van der Waals surface area contributed by atoms with Gasteiger partial charge in [-0.3, -0.25) is 9.78 Å². The number of nitrogens with one attached hydrogen (secondary N) is 1. The Labute approximate surface area is 174 Å². The molecule has 2 heterocycles. The Balaban J connectivity index is 1.65. The van der Waals surface area contributed by atoms with Gasteiger partial charge in [-0.05, 0) is 42.8 Å². The predicted octanol–water partition coefficient (Wildman–Crippen LogP) is 4.48. The number of ether oxygens (including phenoxy) is 1. The van der Waals surface area contributed by atoms with Gasteiger partial charge in [-0.1, -0.05) is 30.3 Å². The zero-order valence-electron chi connectivity index (χ0n) is 16.6. The number of benzene rings is 2. The minimum atomic E-state index is -0.449. The van der Waals surface area contributed by atoms with Crippen molar-refractivity contribution < 1.29 is 13.9 Å². The highest BCUT2D eigenvalue weighted by Crippen LogP contribution is 2.30. The van der Waals surface area contributed by atoms with Crippen molar-refractivity contribution in [3.63, 3.8) is 0 Å². The molecule has 0 saturated heterocycles. The summed E-state index contributed by atoms with van der Waals surface area (Å²) in [5, 5.41) is 4.04. The van der Waals surface area contributed by atoms with Gasteiger partial charge in [0.15, 0.2) is 6.61 Å². The second-order valence-corrected chi connectivity index (χ2v) is 6.92. The van der Waals surface area contributed by atoms with Crippen LogP contribution in [0.1, 0.15) is 24.1 Å². The molecule has 0 aliphatic heterocycles. The smallest absolute Gasteiger partial charge is 0.258 e. The van der Waals surface area contributed by atoms with E-state index in [1.54, 1.807) is 30.5 Å². The molecule has 4 aromatic rings. The fraction of sp³-hybridized carbons (Fsp3) is 0.167. The lowest BCUT2D eigenvalue weighted by Gasteiger charge is -2.19. The fourth-order valence-electron chi connectivity index (χ4n) is 3.52. The van der Waals surface area contributed by atoms with Crippen LogP contribution < -0.4 is 10.1 Å². The lowest BCUT2D eigenvalue weighted by atomic mass is 9.98. The maximum atomic E-state index is 13.5. The molecule has 1 atom stereocenters. The van der Waals surface area contributed by atoms with Gasteiger partial charge in [0.05, 0.1) is 17.8 Å². The lowest BCUT2D eigenvalue weighted by molar-refractivity contribution is -0.123. The second-order valence-electron chi connectivity index (χ2n) is 6.92. The third-order valence-electron chi connectivity index (χ3n) is 4.99. The van der Waals surface area contributed by atoms with Gasteiger partial charge in [0.2, 0.25) is 0 Å². The van der Waals surface area contributed by atoms with Crippen molar-refractivity contribution in [2.24, 2.45) is 0 Å². The molecule has 0 spiro atoms. The number of carbonyl (C=O) groups is 1. The lowest BCUT2D eigenvalue weighted by Crippen LogP contribution is -2.33. The summed E-state index contributed by atoms with van der Waals surface area (Å²) in [5.74, 6) is 0.0377. The van der Waals surface area contributed by atoms with Gasteiger partial charge in [-0.15, -0.1) is 0 Å². The average Bonchev–Trinajstić information content (AvgIpc) is 3.16. The van der Waals surface area contributed by atoms with Crippen molar-refractivity contribution in [3.05, 3.63) is 96.2 Å². The van der Waals surface area contributed by atoms with Crippen LogP contribution in [-0.4, -0.2) is 22.1 Å². The van der Waals surface area contributed by atoms with Gasteiger partial charge in [0.25, 0.3) is 5.91 Å². The van der Waals surface area contributed by atoms with E-state index in [-0.39, 0.29) is 18.3 Å². The van der Waals surface area contributed by atoms with Crippen molar-refractivity contribution in [1.82, 2.24) is 14.9 Å². The van der Waals surface area contributed by atoms with E-state index in [1.807, 2.05) is 36.7 Å². The van der Waals surface area contributed by atoms with Gasteiger partial charge in [-0.25, -0.2) is 4.39 Å². The number of rotatable bonds is 7. The van der Waals surface area contributed by atoms with Crippen molar-refractivity contribution in [2.75, 3.05) is 6.61 Å². The van der Waals surface area contributed by atoms with Crippen molar-refractivity contribution >= 4 is 16.8 Å². The molecule has 0 unspecified atom stereocenters. The maximum absolute atomic E-state index is 13.5. The van der Waals surface area contributed by atoms with Crippen LogP contribution in [0, 0.1) is 5.82 Å². The number of amides is 1. The molecule has 2 aromatic heterocycles. The van der Waals surface area contributed by atoms with Crippen LogP contribution in [0.15, 0.2) is 79.3 Å². The summed E-state index contributed by atoms with van der Waals surface area (Å²) in [6, 6.07) is 16.8. The Hall–Kier alpha value is -3.67. The minimum Gasteiger partial charge on any atom is -0.484 e. The van der Waals surface area contributed by atoms with E-state index in [1.165, 1.54) is 12.1 Å². The number of pyridine rings is 1. The quantitative estimate of drug-likeness (QED) is 0.495. The van der Waals surface area contributed by atoms with E-state index in [0.29, 0.717) is 5.75 Å². The molecule has 0 fully saturated rings. The maximum Gasteiger partial charge on any atom is 0.258 e. The number of aromatic nitrogens is 2. The molecule has 1 amide bonds. The Morgan fingerprint density at radius 2 is 1.90 bits per heavy atom. The number of hydrogen-bond donors (Lipinski definition) is 1. The zero-order valence-corrected chi connectivity index (χ0v) is 16.6. The van der Waals surface area contributed by atoms with E-state index in [0.717, 1.165) is 28.6 Å². The molecule has 2 aromatic carbocycles. The molecule has 152 valence electrons. The number of halogens is 1. The Morgan fingerprint density at radius 1 is 1.13 bits per heavy atom. The van der Waals surface area contributed by atoms with Gasteiger partial charge < -0.3 is 14.6 Å². The van der Waals surface area contributed by atoms with Crippen LogP contribution in [0.5, 0.6) is 5.75 Å². The highest BCUT2D eigenvalue weighted by Gasteiger charge is 2.22. The first-order valence-electron chi connectivity index (χ1n) is 9.81. The van der Waals surface area contributed by atoms with Crippen LogP contribution in [0.3, 0.4) is 0 Å². The summed E-state index contributed by atoms with van der Waals surface area (Å²) in [5.41, 5.74) is 2.70. The Kier molecular flexibility index (Phi) is 5.75. The standard InChI is InChI=1S/C24H22FN3O2/c1-2-28-15-21(20-12-13-26-14-22(20)28)24(17-8-10-18(25)11-9-17)27-23(29)16-30-19-6-4-3-5-7-19/h3-15,24H,2,16H2,1H3,(H,27,29)/t24-/m1/s1.